The molecule has 0 saturated heterocycles. The molecule has 0 saturated carbocycles. The minimum Gasteiger partial charge on any atom is -0.485 e. The Balaban J connectivity index is 2.27. The van der Waals surface area contributed by atoms with Crippen LogP contribution in [-0.2, 0) is 4.79 Å². The molecule has 0 amide bonds. The van der Waals surface area contributed by atoms with Gasteiger partial charge in [0.15, 0.2) is 11.5 Å². The second-order valence-corrected chi connectivity index (χ2v) is 3.28. The van der Waals surface area contributed by atoms with Crippen LogP contribution in [-0.4, -0.2) is 23.8 Å². The number of halogens is 1. The number of benzene rings is 1. The Morgan fingerprint density at radius 1 is 1.50 bits per heavy atom. The van der Waals surface area contributed by atoms with Crippen molar-refractivity contribution < 1.29 is 19.4 Å². The first-order chi connectivity index (χ1) is 6.66. The Labute approximate surface area is 85.0 Å². The van der Waals surface area contributed by atoms with E-state index in [0.29, 0.717) is 16.5 Å². The zero-order valence-corrected chi connectivity index (χ0v) is 7.82. The summed E-state index contributed by atoms with van der Waals surface area (Å²) in [5.41, 5.74) is 0. The van der Waals surface area contributed by atoms with Crippen LogP contribution in [0.4, 0.5) is 0 Å². The van der Waals surface area contributed by atoms with Crippen molar-refractivity contribution in [3.63, 3.8) is 0 Å². The summed E-state index contributed by atoms with van der Waals surface area (Å²) >= 11 is 5.72. The van der Waals surface area contributed by atoms with Crippen molar-refractivity contribution in [2.75, 3.05) is 6.61 Å². The van der Waals surface area contributed by atoms with Crippen LogP contribution in [0.2, 0.25) is 5.02 Å². The molecular weight excluding hydrogens is 208 g/mol. The molecule has 74 valence electrons. The Morgan fingerprint density at radius 2 is 2.29 bits per heavy atom. The van der Waals surface area contributed by atoms with Crippen LogP contribution < -0.4 is 9.47 Å². The molecule has 1 aromatic rings. The number of aliphatic carboxylic acids is 1. The Morgan fingerprint density at radius 3 is 3.00 bits per heavy atom. The molecule has 0 fully saturated rings. The standard InChI is InChI=1S/C9H7ClO4/c10-5-1-2-6-7(3-5)13-4-8(14-6)9(11)12/h1-3,8H,4H2,(H,11,12)/t8-/m1/s1. The maximum atomic E-state index is 10.6. The molecular formula is C9H7ClO4. The lowest BCUT2D eigenvalue weighted by molar-refractivity contribution is -0.147. The summed E-state index contributed by atoms with van der Waals surface area (Å²) < 4.78 is 10.4. The van der Waals surface area contributed by atoms with Gasteiger partial charge in [-0.15, -0.1) is 0 Å². The van der Waals surface area contributed by atoms with Gasteiger partial charge in [0.1, 0.15) is 6.61 Å². The fourth-order valence-electron chi connectivity index (χ4n) is 1.17. The minimum atomic E-state index is -1.04. The lowest BCUT2D eigenvalue weighted by Crippen LogP contribution is -2.36. The van der Waals surface area contributed by atoms with Gasteiger partial charge in [0.25, 0.3) is 0 Å². The molecule has 5 heteroatoms. The van der Waals surface area contributed by atoms with E-state index in [1.165, 1.54) is 0 Å². The molecule has 14 heavy (non-hydrogen) atoms. The first-order valence-corrected chi connectivity index (χ1v) is 4.36. The molecule has 1 aliphatic heterocycles. The number of carboxylic acid groups (broad SMARTS) is 1. The van der Waals surface area contributed by atoms with E-state index in [9.17, 15) is 4.79 Å². The molecule has 0 spiro atoms. The van der Waals surface area contributed by atoms with Gasteiger partial charge in [-0.3, -0.25) is 0 Å². The quantitative estimate of drug-likeness (QED) is 0.771. The highest BCUT2D eigenvalue weighted by Crippen LogP contribution is 2.33. The SMILES string of the molecule is O=C(O)[C@H]1COc2cc(Cl)ccc2O1. The molecule has 1 heterocycles. The third-order valence-corrected chi connectivity index (χ3v) is 2.08. The van der Waals surface area contributed by atoms with Crippen molar-refractivity contribution in [1.29, 1.82) is 0 Å². The molecule has 0 aromatic heterocycles. The van der Waals surface area contributed by atoms with Crippen molar-refractivity contribution in [3.05, 3.63) is 23.2 Å². The van der Waals surface area contributed by atoms with Gasteiger partial charge in [-0.25, -0.2) is 4.79 Å². The summed E-state index contributed by atoms with van der Waals surface area (Å²) in [5.74, 6) is -0.145. The van der Waals surface area contributed by atoms with E-state index in [1.807, 2.05) is 0 Å². The van der Waals surface area contributed by atoms with Crippen LogP contribution in [0.3, 0.4) is 0 Å². The molecule has 0 bridgehead atoms. The van der Waals surface area contributed by atoms with E-state index < -0.39 is 12.1 Å². The summed E-state index contributed by atoms with van der Waals surface area (Å²) in [5, 5.41) is 9.22. The molecule has 1 aromatic carbocycles. The maximum Gasteiger partial charge on any atom is 0.348 e. The zero-order valence-electron chi connectivity index (χ0n) is 7.07. The van der Waals surface area contributed by atoms with E-state index in [0.717, 1.165) is 0 Å². The van der Waals surface area contributed by atoms with Crippen LogP contribution in [0.25, 0.3) is 0 Å². The van der Waals surface area contributed by atoms with E-state index in [2.05, 4.69) is 0 Å². The van der Waals surface area contributed by atoms with Gasteiger partial charge in [-0.1, -0.05) is 11.6 Å². The summed E-state index contributed by atoms with van der Waals surface area (Å²) in [6.07, 6.45) is -0.941. The predicted octanol–water partition coefficient (Wildman–Crippen LogP) is 1.56. The maximum absolute atomic E-state index is 10.6. The Kier molecular flexibility index (Phi) is 2.21. The van der Waals surface area contributed by atoms with Crippen LogP contribution in [0.15, 0.2) is 18.2 Å². The average Bonchev–Trinajstić information content (AvgIpc) is 2.16. The molecule has 1 N–H and O–H groups in total. The fraction of sp³-hybridized carbons (Fsp3) is 0.222. The topological polar surface area (TPSA) is 55.8 Å². The van der Waals surface area contributed by atoms with Crippen molar-refractivity contribution in [2.45, 2.75) is 6.10 Å². The number of hydrogen-bond donors (Lipinski definition) is 1. The lowest BCUT2D eigenvalue weighted by atomic mass is 10.2. The van der Waals surface area contributed by atoms with Gasteiger partial charge in [0.2, 0.25) is 6.10 Å². The number of carboxylic acids is 1. The van der Waals surface area contributed by atoms with Crippen LogP contribution >= 0.6 is 11.6 Å². The van der Waals surface area contributed by atoms with Crippen molar-refractivity contribution >= 4 is 17.6 Å². The van der Waals surface area contributed by atoms with E-state index in [4.69, 9.17) is 26.2 Å². The summed E-state index contributed by atoms with van der Waals surface area (Å²) in [6, 6.07) is 4.80. The first kappa shape index (κ1) is 9.15. The molecule has 1 aliphatic rings. The highest BCUT2D eigenvalue weighted by molar-refractivity contribution is 6.30. The summed E-state index contributed by atoms with van der Waals surface area (Å²) in [7, 11) is 0. The van der Waals surface area contributed by atoms with Gasteiger partial charge in [0, 0.05) is 11.1 Å². The number of rotatable bonds is 1. The minimum absolute atomic E-state index is 0.00265. The summed E-state index contributed by atoms with van der Waals surface area (Å²) in [4.78, 5) is 10.6. The molecule has 0 radical (unpaired) electrons. The van der Waals surface area contributed by atoms with E-state index >= 15 is 0 Å². The lowest BCUT2D eigenvalue weighted by Gasteiger charge is -2.23. The smallest absolute Gasteiger partial charge is 0.348 e. The highest BCUT2D eigenvalue weighted by Gasteiger charge is 2.26. The fourth-order valence-corrected chi connectivity index (χ4v) is 1.33. The number of carbonyl (C=O) groups is 1. The second-order valence-electron chi connectivity index (χ2n) is 2.85. The number of fused-ring (bicyclic) bond motifs is 1. The van der Waals surface area contributed by atoms with Crippen LogP contribution in [0, 0.1) is 0 Å². The van der Waals surface area contributed by atoms with E-state index in [-0.39, 0.29) is 6.61 Å². The van der Waals surface area contributed by atoms with E-state index in [1.54, 1.807) is 18.2 Å². The second kappa shape index (κ2) is 3.38. The van der Waals surface area contributed by atoms with Crippen molar-refractivity contribution in [2.24, 2.45) is 0 Å². The van der Waals surface area contributed by atoms with Gasteiger partial charge in [0.05, 0.1) is 0 Å². The van der Waals surface area contributed by atoms with Crippen molar-refractivity contribution in [1.82, 2.24) is 0 Å². The monoisotopic (exact) mass is 214 g/mol. The third kappa shape index (κ3) is 1.61. The number of ether oxygens (including phenoxy) is 2. The molecule has 0 aliphatic carbocycles. The molecule has 2 rings (SSSR count). The summed E-state index contributed by atoms with van der Waals surface area (Å²) in [6.45, 7) is 0.00265. The Bertz CT molecular complexity index is 377. The highest BCUT2D eigenvalue weighted by atomic mass is 35.5. The number of hydrogen-bond acceptors (Lipinski definition) is 3. The van der Waals surface area contributed by atoms with Crippen LogP contribution in [0.5, 0.6) is 11.5 Å². The van der Waals surface area contributed by atoms with Gasteiger partial charge in [-0.2, -0.15) is 0 Å². The average molecular weight is 215 g/mol. The molecule has 1 atom stereocenters. The van der Waals surface area contributed by atoms with Crippen molar-refractivity contribution in [3.8, 4) is 11.5 Å². The van der Waals surface area contributed by atoms with Gasteiger partial charge >= 0.3 is 5.97 Å². The first-order valence-electron chi connectivity index (χ1n) is 3.98. The normalized spacial score (nSPS) is 19.1. The third-order valence-electron chi connectivity index (χ3n) is 1.84. The molecule has 0 unspecified atom stereocenters. The largest absolute Gasteiger partial charge is 0.485 e. The van der Waals surface area contributed by atoms with Gasteiger partial charge < -0.3 is 14.6 Å². The Hall–Kier alpha value is -1.42. The zero-order chi connectivity index (χ0) is 10.1. The van der Waals surface area contributed by atoms with Gasteiger partial charge in [-0.05, 0) is 12.1 Å². The molecule has 4 nitrogen and oxygen atoms in total. The predicted molar refractivity (Wildman–Crippen MR) is 49.0 cm³/mol. The van der Waals surface area contributed by atoms with Crippen LogP contribution in [0.1, 0.15) is 0 Å².